The van der Waals surface area contributed by atoms with E-state index in [1.54, 1.807) is 7.11 Å². The molecule has 0 atom stereocenters. The lowest BCUT2D eigenvalue weighted by molar-refractivity contribution is 0.149. The van der Waals surface area contributed by atoms with Gasteiger partial charge in [0.2, 0.25) is 0 Å². The van der Waals surface area contributed by atoms with E-state index < -0.39 is 0 Å². The van der Waals surface area contributed by atoms with Gasteiger partial charge in [0.15, 0.2) is 0 Å². The van der Waals surface area contributed by atoms with Crippen molar-refractivity contribution in [1.29, 1.82) is 0 Å². The summed E-state index contributed by atoms with van der Waals surface area (Å²) in [7, 11) is 1.67. The van der Waals surface area contributed by atoms with Crippen LogP contribution in [-0.4, -0.2) is 24.4 Å². The van der Waals surface area contributed by atoms with Gasteiger partial charge < -0.3 is 15.2 Å². The highest BCUT2D eigenvalue weighted by Crippen LogP contribution is 2.24. The minimum atomic E-state index is -0.201. The maximum absolute atomic E-state index is 9.53. The molecule has 0 aliphatic carbocycles. The summed E-state index contributed by atoms with van der Waals surface area (Å²) in [5, 5.41) is 13.0. The second-order valence-corrected chi connectivity index (χ2v) is 5.37. The molecule has 18 heavy (non-hydrogen) atoms. The molecular formula is C14H22BrNO2. The molecule has 0 aromatic heterocycles. The van der Waals surface area contributed by atoms with Crippen molar-refractivity contribution in [2.45, 2.75) is 38.8 Å². The number of benzene rings is 1. The summed E-state index contributed by atoms with van der Waals surface area (Å²) in [5.74, 6) is 0.866. The Bertz CT molecular complexity index is 370. The van der Waals surface area contributed by atoms with Gasteiger partial charge in [-0.1, -0.05) is 29.8 Å². The molecule has 0 aliphatic heterocycles. The summed E-state index contributed by atoms with van der Waals surface area (Å²) in [4.78, 5) is 0. The lowest BCUT2D eigenvalue weighted by atomic mass is 9.93. The highest BCUT2D eigenvalue weighted by Gasteiger charge is 2.24. The maximum Gasteiger partial charge on any atom is 0.123 e. The van der Waals surface area contributed by atoms with E-state index in [1.165, 1.54) is 0 Å². The van der Waals surface area contributed by atoms with Crippen molar-refractivity contribution >= 4 is 15.9 Å². The summed E-state index contributed by atoms with van der Waals surface area (Å²) >= 11 is 3.46. The van der Waals surface area contributed by atoms with Crippen molar-refractivity contribution in [2.75, 3.05) is 13.7 Å². The van der Waals surface area contributed by atoms with E-state index in [0.29, 0.717) is 6.54 Å². The van der Waals surface area contributed by atoms with E-state index in [1.807, 2.05) is 18.2 Å². The molecule has 0 radical (unpaired) electrons. The van der Waals surface area contributed by atoms with Gasteiger partial charge in [-0.25, -0.2) is 0 Å². The Morgan fingerprint density at radius 2 is 2.00 bits per heavy atom. The Morgan fingerprint density at radius 1 is 1.33 bits per heavy atom. The van der Waals surface area contributed by atoms with Crippen LogP contribution in [0.5, 0.6) is 5.75 Å². The van der Waals surface area contributed by atoms with Gasteiger partial charge in [-0.15, -0.1) is 0 Å². The van der Waals surface area contributed by atoms with Gasteiger partial charge in [0.25, 0.3) is 0 Å². The summed E-state index contributed by atoms with van der Waals surface area (Å²) in [6.45, 7) is 5.01. The molecule has 0 saturated heterocycles. The Balaban J connectivity index is 2.81. The number of hydrogen-bond donors (Lipinski definition) is 2. The van der Waals surface area contributed by atoms with Gasteiger partial charge in [-0.05, 0) is 31.0 Å². The quantitative estimate of drug-likeness (QED) is 0.812. The van der Waals surface area contributed by atoms with E-state index in [9.17, 15) is 5.11 Å². The SMILES string of the molecule is CCC(CC)(CO)NCc1cc(Br)ccc1OC. The average molecular weight is 316 g/mol. The first-order valence-electron chi connectivity index (χ1n) is 6.29. The molecule has 0 amide bonds. The third kappa shape index (κ3) is 3.70. The van der Waals surface area contributed by atoms with Crippen molar-refractivity contribution in [2.24, 2.45) is 0 Å². The van der Waals surface area contributed by atoms with Crippen molar-refractivity contribution < 1.29 is 9.84 Å². The lowest BCUT2D eigenvalue weighted by Crippen LogP contribution is -2.47. The predicted molar refractivity (Wildman–Crippen MR) is 77.9 cm³/mol. The maximum atomic E-state index is 9.53. The molecular weight excluding hydrogens is 294 g/mol. The monoisotopic (exact) mass is 315 g/mol. The molecule has 0 saturated carbocycles. The normalized spacial score (nSPS) is 11.6. The third-order valence-electron chi connectivity index (χ3n) is 3.55. The van der Waals surface area contributed by atoms with Gasteiger partial charge in [0.1, 0.15) is 5.75 Å². The molecule has 1 aromatic carbocycles. The summed E-state index contributed by atoms with van der Waals surface area (Å²) in [5.41, 5.74) is 0.888. The van der Waals surface area contributed by atoms with Crippen LogP contribution in [0.4, 0.5) is 0 Å². The van der Waals surface area contributed by atoms with Crippen LogP contribution in [0.15, 0.2) is 22.7 Å². The number of aliphatic hydroxyl groups is 1. The standard InChI is InChI=1S/C14H22BrNO2/c1-4-14(5-2,10-17)16-9-11-8-12(15)6-7-13(11)18-3/h6-8,16-17H,4-5,9-10H2,1-3H3. The van der Waals surface area contributed by atoms with Crippen LogP contribution < -0.4 is 10.1 Å². The number of nitrogens with one attached hydrogen (secondary N) is 1. The first-order chi connectivity index (χ1) is 8.60. The Hall–Kier alpha value is -0.580. The Morgan fingerprint density at radius 3 is 2.50 bits per heavy atom. The summed E-state index contributed by atoms with van der Waals surface area (Å²) in [6.07, 6.45) is 1.80. The van der Waals surface area contributed by atoms with Crippen molar-refractivity contribution in [3.63, 3.8) is 0 Å². The van der Waals surface area contributed by atoms with Crippen molar-refractivity contribution in [3.8, 4) is 5.75 Å². The first kappa shape index (κ1) is 15.5. The zero-order chi connectivity index (χ0) is 13.6. The molecule has 4 heteroatoms. The Kier molecular flexibility index (Phi) is 6.12. The number of ether oxygens (including phenoxy) is 1. The van der Waals surface area contributed by atoms with Crippen LogP contribution in [0.1, 0.15) is 32.3 Å². The van der Waals surface area contributed by atoms with Crippen LogP contribution in [-0.2, 0) is 6.54 Å². The molecule has 1 rings (SSSR count). The van der Waals surface area contributed by atoms with E-state index in [0.717, 1.165) is 28.6 Å². The second kappa shape index (κ2) is 7.12. The van der Waals surface area contributed by atoms with E-state index >= 15 is 0 Å². The summed E-state index contributed by atoms with van der Waals surface area (Å²) in [6, 6.07) is 5.94. The molecule has 0 fully saturated rings. The number of hydrogen-bond acceptors (Lipinski definition) is 3. The zero-order valence-corrected chi connectivity index (χ0v) is 12.9. The van der Waals surface area contributed by atoms with E-state index in [2.05, 4.69) is 35.1 Å². The zero-order valence-electron chi connectivity index (χ0n) is 11.3. The number of rotatable bonds is 7. The minimum Gasteiger partial charge on any atom is -0.496 e. The third-order valence-corrected chi connectivity index (χ3v) is 4.05. The van der Waals surface area contributed by atoms with Crippen LogP contribution in [0, 0.1) is 0 Å². The molecule has 0 heterocycles. The highest BCUT2D eigenvalue weighted by molar-refractivity contribution is 9.10. The largest absolute Gasteiger partial charge is 0.496 e. The molecule has 3 nitrogen and oxygen atoms in total. The van der Waals surface area contributed by atoms with Gasteiger partial charge in [-0.3, -0.25) is 0 Å². The van der Waals surface area contributed by atoms with Gasteiger partial charge in [0.05, 0.1) is 13.7 Å². The minimum absolute atomic E-state index is 0.149. The summed E-state index contributed by atoms with van der Waals surface area (Å²) < 4.78 is 6.37. The smallest absolute Gasteiger partial charge is 0.123 e. The molecule has 102 valence electrons. The fraction of sp³-hybridized carbons (Fsp3) is 0.571. The molecule has 0 unspecified atom stereocenters. The van der Waals surface area contributed by atoms with Gasteiger partial charge >= 0.3 is 0 Å². The average Bonchev–Trinajstić information content (AvgIpc) is 2.41. The van der Waals surface area contributed by atoms with Crippen LogP contribution in [0.25, 0.3) is 0 Å². The molecule has 1 aromatic rings. The van der Waals surface area contributed by atoms with E-state index in [4.69, 9.17) is 4.74 Å². The highest BCUT2D eigenvalue weighted by atomic mass is 79.9. The fourth-order valence-corrected chi connectivity index (χ4v) is 2.36. The fourth-order valence-electron chi connectivity index (χ4n) is 1.95. The van der Waals surface area contributed by atoms with Crippen LogP contribution >= 0.6 is 15.9 Å². The predicted octanol–water partition coefficient (Wildman–Crippen LogP) is 3.10. The van der Waals surface area contributed by atoms with E-state index in [-0.39, 0.29) is 12.1 Å². The second-order valence-electron chi connectivity index (χ2n) is 4.46. The van der Waals surface area contributed by atoms with Crippen molar-refractivity contribution in [3.05, 3.63) is 28.2 Å². The number of halogens is 1. The molecule has 0 spiro atoms. The number of methoxy groups -OCH3 is 1. The van der Waals surface area contributed by atoms with Crippen LogP contribution in [0.2, 0.25) is 0 Å². The first-order valence-corrected chi connectivity index (χ1v) is 7.08. The molecule has 0 aliphatic rings. The number of aliphatic hydroxyl groups excluding tert-OH is 1. The topological polar surface area (TPSA) is 41.5 Å². The molecule has 0 bridgehead atoms. The van der Waals surface area contributed by atoms with Gasteiger partial charge in [0, 0.05) is 22.1 Å². The van der Waals surface area contributed by atoms with Gasteiger partial charge in [-0.2, -0.15) is 0 Å². The Labute approximate surface area is 118 Å². The molecule has 2 N–H and O–H groups in total. The van der Waals surface area contributed by atoms with Crippen molar-refractivity contribution in [1.82, 2.24) is 5.32 Å². The van der Waals surface area contributed by atoms with Crippen LogP contribution in [0.3, 0.4) is 0 Å². The lowest BCUT2D eigenvalue weighted by Gasteiger charge is -2.31.